The Morgan fingerprint density at radius 1 is 1.19 bits per heavy atom. The van der Waals surface area contributed by atoms with Crippen LogP contribution in [0.2, 0.25) is 0 Å². The van der Waals surface area contributed by atoms with Crippen LogP contribution in [-0.2, 0) is 20.9 Å². The number of aryl methyl sites for hydroxylation is 4. The maximum absolute atomic E-state index is 12.7. The third-order valence-corrected chi connectivity index (χ3v) is 4.49. The van der Waals surface area contributed by atoms with Crippen LogP contribution in [0.3, 0.4) is 0 Å². The summed E-state index contributed by atoms with van der Waals surface area (Å²) in [6, 6.07) is 4.11. The van der Waals surface area contributed by atoms with Crippen molar-refractivity contribution < 1.29 is 42.0 Å². The monoisotopic (exact) mass is 441 g/mol. The molecule has 0 radical (unpaired) electrons. The normalized spacial score (nSPS) is 12.9. The summed E-state index contributed by atoms with van der Waals surface area (Å²) < 4.78 is 38.4. The van der Waals surface area contributed by atoms with Crippen LogP contribution in [0.4, 0.5) is 24.8 Å². The van der Waals surface area contributed by atoms with E-state index in [2.05, 4.69) is 17.1 Å². The number of aliphatic carboxylic acids is 1. The Bertz CT molecular complexity index is 1020. The van der Waals surface area contributed by atoms with E-state index < -0.39 is 18.1 Å². The van der Waals surface area contributed by atoms with Gasteiger partial charge in [0.15, 0.2) is 6.54 Å². The zero-order valence-corrected chi connectivity index (χ0v) is 17.6. The second-order valence-electron chi connectivity index (χ2n) is 6.99. The lowest BCUT2D eigenvalue weighted by Gasteiger charge is -2.14. The van der Waals surface area contributed by atoms with Gasteiger partial charge in [0.25, 0.3) is 0 Å². The Kier molecular flexibility index (Phi) is 6.77. The second-order valence-corrected chi connectivity index (χ2v) is 6.99. The zero-order chi connectivity index (χ0) is 23.7. The quantitative estimate of drug-likeness (QED) is 0.576. The Morgan fingerprint density at radius 2 is 1.71 bits per heavy atom. The number of carboxylic acid groups (broad SMARTS) is 1. The van der Waals surface area contributed by atoms with Crippen molar-refractivity contribution in [2.75, 3.05) is 11.5 Å². The lowest BCUT2D eigenvalue weighted by atomic mass is 10.0. The number of carbonyl (C=O) groups excluding carboxylic acids is 3. The Labute approximate surface area is 176 Å². The topological polar surface area (TPSA) is 106 Å². The number of nitrogens with one attached hydrogen (secondary N) is 1. The predicted octanol–water partition coefficient (Wildman–Crippen LogP) is 1.69. The SMILES string of the molecule is CCOC(=O)c1c(C)[nH]c2[n+]1CC(=O)N2c1c(C)cc(C)cc1C.O=C([O-])C(F)(F)F. The van der Waals surface area contributed by atoms with Crippen molar-refractivity contribution in [2.45, 2.75) is 47.3 Å². The predicted molar refractivity (Wildman–Crippen MR) is 101 cm³/mol. The number of halogens is 3. The fraction of sp³-hybridized carbons (Fsp3) is 0.400. The number of fused-ring (bicyclic) bond motifs is 1. The first-order valence-electron chi connectivity index (χ1n) is 9.28. The van der Waals surface area contributed by atoms with E-state index in [0.717, 1.165) is 22.4 Å². The van der Waals surface area contributed by atoms with Crippen molar-refractivity contribution in [3.05, 3.63) is 40.2 Å². The van der Waals surface area contributed by atoms with Gasteiger partial charge in [0, 0.05) is 0 Å². The highest BCUT2D eigenvalue weighted by atomic mass is 19.4. The molecule has 0 aliphatic carbocycles. The van der Waals surface area contributed by atoms with Gasteiger partial charge in [-0.15, -0.1) is 0 Å². The van der Waals surface area contributed by atoms with Crippen molar-refractivity contribution in [1.29, 1.82) is 0 Å². The molecular weight excluding hydrogens is 419 g/mol. The van der Waals surface area contributed by atoms with Gasteiger partial charge in [-0.05, 0) is 45.7 Å². The molecule has 0 unspecified atom stereocenters. The number of hydrogen-bond donors (Lipinski definition) is 1. The van der Waals surface area contributed by atoms with E-state index in [9.17, 15) is 22.8 Å². The van der Waals surface area contributed by atoms with Gasteiger partial charge in [-0.2, -0.15) is 18.1 Å². The molecule has 1 aromatic carbocycles. The number of aromatic nitrogens is 2. The minimum absolute atomic E-state index is 0.0677. The number of nitrogens with zero attached hydrogens (tertiary/aromatic N) is 2. The number of hydrogen-bond acceptors (Lipinski definition) is 5. The van der Waals surface area contributed by atoms with Gasteiger partial charge in [-0.25, -0.2) is 14.3 Å². The average molecular weight is 441 g/mol. The van der Waals surface area contributed by atoms with E-state index in [1.807, 2.05) is 27.7 Å². The van der Waals surface area contributed by atoms with Gasteiger partial charge in [-0.3, -0.25) is 4.79 Å². The summed E-state index contributed by atoms with van der Waals surface area (Å²) in [5, 5.41) is 8.78. The summed E-state index contributed by atoms with van der Waals surface area (Å²) in [4.78, 5) is 38.5. The van der Waals surface area contributed by atoms with Crippen LogP contribution in [0.15, 0.2) is 12.1 Å². The summed E-state index contributed by atoms with van der Waals surface area (Å²) >= 11 is 0. The minimum Gasteiger partial charge on any atom is -0.542 e. The molecule has 0 bridgehead atoms. The number of rotatable bonds is 3. The Hall–Kier alpha value is -3.37. The molecule has 0 saturated carbocycles. The highest BCUT2D eigenvalue weighted by molar-refractivity contribution is 6.01. The van der Waals surface area contributed by atoms with Gasteiger partial charge in [0.2, 0.25) is 5.69 Å². The number of amides is 1. The van der Waals surface area contributed by atoms with Crippen molar-refractivity contribution in [2.24, 2.45) is 0 Å². The number of alkyl halides is 3. The van der Waals surface area contributed by atoms with Crippen LogP contribution in [0.1, 0.15) is 39.8 Å². The molecule has 2 aromatic rings. The fourth-order valence-electron chi connectivity index (χ4n) is 3.48. The molecule has 168 valence electrons. The number of aromatic amines is 1. The van der Waals surface area contributed by atoms with Crippen LogP contribution >= 0.6 is 0 Å². The van der Waals surface area contributed by atoms with Gasteiger partial charge < -0.3 is 14.6 Å². The number of carboxylic acids is 1. The molecule has 0 atom stereocenters. The molecule has 1 aliphatic rings. The van der Waals surface area contributed by atoms with Gasteiger partial charge in [0.1, 0.15) is 17.4 Å². The van der Waals surface area contributed by atoms with Gasteiger partial charge in [0.05, 0.1) is 6.61 Å². The molecule has 0 fully saturated rings. The van der Waals surface area contributed by atoms with Crippen LogP contribution in [-0.4, -0.2) is 35.6 Å². The van der Waals surface area contributed by atoms with E-state index in [-0.39, 0.29) is 12.5 Å². The molecular formula is C20H22F3N3O5. The maximum Gasteiger partial charge on any atom is 0.430 e. The van der Waals surface area contributed by atoms with E-state index in [0.29, 0.717) is 23.9 Å². The number of esters is 1. The zero-order valence-electron chi connectivity index (χ0n) is 17.6. The van der Waals surface area contributed by atoms with Crippen molar-refractivity contribution in [1.82, 2.24) is 4.98 Å². The first kappa shape index (κ1) is 23.9. The third-order valence-electron chi connectivity index (χ3n) is 4.49. The third kappa shape index (κ3) is 4.86. The summed E-state index contributed by atoms with van der Waals surface area (Å²) in [6.07, 6.45) is -5.19. The molecule has 1 aliphatic heterocycles. The summed E-state index contributed by atoms with van der Waals surface area (Å²) in [5.74, 6) is -2.88. The van der Waals surface area contributed by atoms with E-state index >= 15 is 0 Å². The summed E-state index contributed by atoms with van der Waals surface area (Å²) in [6.45, 7) is 10.0. The minimum atomic E-state index is -5.19. The smallest absolute Gasteiger partial charge is 0.430 e. The fourth-order valence-corrected chi connectivity index (χ4v) is 3.48. The number of ether oxygens (including phenoxy) is 1. The summed E-state index contributed by atoms with van der Waals surface area (Å²) in [7, 11) is 0. The molecule has 3 rings (SSSR count). The molecule has 31 heavy (non-hydrogen) atoms. The Balaban J connectivity index is 0.000000423. The number of carbonyl (C=O) groups is 3. The first-order chi connectivity index (χ1) is 14.3. The highest BCUT2D eigenvalue weighted by Gasteiger charge is 2.44. The van der Waals surface area contributed by atoms with Crippen LogP contribution in [0.5, 0.6) is 0 Å². The highest BCUT2D eigenvalue weighted by Crippen LogP contribution is 2.33. The number of anilines is 2. The van der Waals surface area contributed by atoms with Crippen LogP contribution in [0, 0.1) is 27.7 Å². The molecule has 0 saturated heterocycles. The molecule has 2 heterocycles. The summed E-state index contributed by atoms with van der Waals surface area (Å²) in [5.41, 5.74) is 5.18. The van der Waals surface area contributed by atoms with E-state index in [1.165, 1.54) is 0 Å². The number of H-pyrrole nitrogens is 1. The van der Waals surface area contributed by atoms with Crippen LogP contribution in [0.25, 0.3) is 0 Å². The lowest BCUT2D eigenvalue weighted by Crippen LogP contribution is -2.38. The first-order valence-corrected chi connectivity index (χ1v) is 9.28. The van der Waals surface area contributed by atoms with Crippen molar-refractivity contribution in [3.63, 3.8) is 0 Å². The lowest BCUT2D eigenvalue weighted by molar-refractivity contribution is -0.665. The molecule has 8 nitrogen and oxygen atoms in total. The Morgan fingerprint density at radius 3 is 2.16 bits per heavy atom. The number of benzene rings is 1. The number of imidazole rings is 1. The van der Waals surface area contributed by atoms with Gasteiger partial charge >= 0.3 is 24.0 Å². The van der Waals surface area contributed by atoms with E-state index in [1.54, 1.807) is 16.4 Å². The molecule has 11 heteroatoms. The standard InChI is InChI=1S/C18H21N3O3.C2HF3O2/c1-6-24-17(23)16-13(5)19-18-20(16)9-14(22)21(18)15-11(3)7-10(2)8-12(15)4;3-2(4,5)1(6)7/h7-8H,6,9H2,1-5H3;(H,6,7). The van der Waals surface area contributed by atoms with Gasteiger partial charge in [-0.1, -0.05) is 17.7 Å². The van der Waals surface area contributed by atoms with E-state index in [4.69, 9.17) is 14.6 Å². The maximum atomic E-state index is 12.7. The van der Waals surface area contributed by atoms with Crippen molar-refractivity contribution in [3.8, 4) is 0 Å². The average Bonchev–Trinajstić information content (AvgIpc) is 3.08. The molecule has 1 amide bonds. The van der Waals surface area contributed by atoms with Crippen molar-refractivity contribution >= 4 is 29.5 Å². The molecule has 1 N–H and O–H groups in total. The largest absolute Gasteiger partial charge is 0.542 e. The second kappa shape index (κ2) is 8.78. The molecule has 1 aromatic heterocycles. The van der Waals surface area contributed by atoms with Crippen LogP contribution < -0.4 is 14.6 Å². The molecule has 0 spiro atoms.